The molecule has 1 aromatic heterocycles. The van der Waals surface area contributed by atoms with Crippen molar-refractivity contribution in [3.63, 3.8) is 0 Å². The number of carbonyl (C=O) groups is 1. The van der Waals surface area contributed by atoms with Gasteiger partial charge in [-0.15, -0.1) is 0 Å². The molecule has 2 aromatic rings. The number of aromatic hydroxyl groups is 1. The van der Waals surface area contributed by atoms with E-state index in [9.17, 15) is 20.0 Å². The summed E-state index contributed by atoms with van der Waals surface area (Å²) >= 11 is 1.59. The zero-order valence-corrected chi connectivity index (χ0v) is 15.6. The van der Waals surface area contributed by atoms with E-state index < -0.39 is 16.4 Å². The Labute approximate surface area is 160 Å². The fraction of sp³-hybridized carbons (Fsp3) is 0.421. The minimum Gasteiger partial charge on any atom is -0.502 e. The number of nitrogens with zero attached hydrogens (tertiary/aromatic N) is 2. The Hall–Kier alpha value is -2.45. The highest BCUT2D eigenvalue weighted by atomic mass is 32.1. The first-order chi connectivity index (χ1) is 13.0. The van der Waals surface area contributed by atoms with Gasteiger partial charge in [-0.05, 0) is 72.3 Å². The first-order valence-electron chi connectivity index (χ1n) is 9.00. The van der Waals surface area contributed by atoms with E-state index in [0.717, 1.165) is 37.9 Å². The van der Waals surface area contributed by atoms with E-state index in [-0.39, 0.29) is 22.9 Å². The Kier molecular flexibility index (Phi) is 4.61. The van der Waals surface area contributed by atoms with Crippen molar-refractivity contribution in [1.82, 2.24) is 10.2 Å². The molecule has 1 spiro atoms. The van der Waals surface area contributed by atoms with Crippen LogP contribution in [0, 0.1) is 15.5 Å². The van der Waals surface area contributed by atoms with Gasteiger partial charge in [0.15, 0.2) is 5.75 Å². The van der Waals surface area contributed by atoms with Gasteiger partial charge in [0.1, 0.15) is 0 Å². The molecule has 4 rings (SSSR count). The molecule has 1 aliphatic heterocycles. The molecule has 1 aliphatic carbocycles. The monoisotopic (exact) mass is 387 g/mol. The zero-order chi connectivity index (χ0) is 19.0. The maximum absolute atomic E-state index is 13.2. The number of hydrogen-bond donors (Lipinski definition) is 2. The van der Waals surface area contributed by atoms with Crippen molar-refractivity contribution in [2.75, 3.05) is 13.1 Å². The van der Waals surface area contributed by atoms with Crippen LogP contribution in [0.3, 0.4) is 0 Å². The Balaban J connectivity index is 1.61. The molecule has 1 unspecified atom stereocenters. The van der Waals surface area contributed by atoms with E-state index in [1.165, 1.54) is 18.2 Å². The number of nitrogens with one attached hydrogen (secondary N) is 1. The summed E-state index contributed by atoms with van der Waals surface area (Å²) in [4.78, 5) is 25.4. The molecule has 142 valence electrons. The molecule has 7 nitrogen and oxygen atoms in total. The third-order valence-corrected chi connectivity index (χ3v) is 6.47. The number of phenols is 1. The zero-order valence-electron chi connectivity index (χ0n) is 14.8. The molecule has 1 atom stereocenters. The molecule has 2 heterocycles. The predicted molar refractivity (Wildman–Crippen MR) is 102 cm³/mol. The topological polar surface area (TPSA) is 95.7 Å². The molecule has 2 fully saturated rings. The molecule has 2 N–H and O–H groups in total. The second-order valence-electron chi connectivity index (χ2n) is 7.36. The summed E-state index contributed by atoms with van der Waals surface area (Å²) in [5.41, 5.74) is 1.15. The third kappa shape index (κ3) is 3.42. The highest BCUT2D eigenvalue weighted by molar-refractivity contribution is 7.07. The minimum atomic E-state index is -0.655. The summed E-state index contributed by atoms with van der Waals surface area (Å²) < 4.78 is 0. The lowest BCUT2D eigenvalue weighted by atomic mass is 9.93. The first kappa shape index (κ1) is 17.9. The summed E-state index contributed by atoms with van der Waals surface area (Å²) in [6, 6.07) is 6.01. The van der Waals surface area contributed by atoms with Crippen LogP contribution in [0.1, 0.15) is 35.2 Å². The summed E-state index contributed by atoms with van der Waals surface area (Å²) in [6.45, 7) is 2.45. The van der Waals surface area contributed by atoms with Gasteiger partial charge in [-0.1, -0.05) is 0 Å². The average Bonchev–Trinajstić information content (AvgIpc) is 3.08. The van der Waals surface area contributed by atoms with Crippen LogP contribution in [-0.4, -0.2) is 40.0 Å². The molecular weight excluding hydrogens is 366 g/mol. The Morgan fingerprint density at radius 2 is 2.15 bits per heavy atom. The van der Waals surface area contributed by atoms with Crippen LogP contribution in [0.5, 0.6) is 5.75 Å². The highest BCUT2D eigenvalue weighted by Crippen LogP contribution is 2.56. The molecule has 0 bridgehead atoms. The van der Waals surface area contributed by atoms with Crippen LogP contribution in [0.2, 0.25) is 0 Å². The van der Waals surface area contributed by atoms with E-state index in [2.05, 4.69) is 5.32 Å². The number of hydrogen-bond acceptors (Lipinski definition) is 6. The van der Waals surface area contributed by atoms with E-state index >= 15 is 0 Å². The summed E-state index contributed by atoms with van der Waals surface area (Å²) in [5, 5.41) is 28.2. The molecular formula is C19H21N3O4S. The number of thiophene rings is 1. The van der Waals surface area contributed by atoms with Gasteiger partial charge >= 0.3 is 5.69 Å². The summed E-state index contributed by atoms with van der Waals surface area (Å²) in [7, 11) is 0. The van der Waals surface area contributed by atoms with Gasteiger partial charge in [-0.25, -0.2) is 0 Å². The van der Waals surface area contributed by atoms with E-state index in [1.807, 2.05) is 21.7 Å². The number of rotatable bonds is 5. The Morgan fingerprint density at radius 1 is 1.37 bits per heavy atom. The maximum Gasteiger partial charge on any atom is 0.310 e. The van der Waals surface area contributed by atoms with Gasteiger partial charge in [-0.3, -0.25) is 14.9 Å². The maximum atomic E-state index is 13.2. The number of carbonyl (C=O) groups excluding carboxylic acids is 1. The van der Waals surface area contributed by atoms with Crippen LogP contribution in [0.15, 0.2) is 35.0 Å². The van der Waals surface area contributed by atoms with Crippen LogP contribution in [-0.2, 0) is 6.54 Å². The first-order valence-corrected chi connectivity index (χ1v) is 9.95. The van der Waals surface area contributed by atoms with Crippen molar-refractivity contribution in [2.24, 2.45) is 5.41 Å². The molecule has 27 heavy (non-hydrogen) atoms. The van der Waals surface area contributed by atoms with Gasteiger partial charge in [0.25, 0.3) is 5.91 Å². The van der Waals surface area contributed by atoms with Crippen molar-refractivity contribution in [2.45, 2.75) is 31.8 Å². The van der Waals surface area contributed by atoms with Crippen LogP contribution < -0.4 is 5.32 Å². The molecule has 8 heteroatoms. The highest BCUT2D eigenvalue weighted by Gasteiger charge is 2.57. The summed E-state index contributed by atoms with van der Waals surface area (Å²) in [5.74, 6) is -0.666. The molecule has 2 aliphatic rings. The molecule has 1 saturated carbocycles. The predicted octanol–water partition coefficient (Wildman–Crippen LogP) is 3.15. The second-order valence-corrected chi connectivity index (χ2v) is 8.14. The van der Waals surface area contributed by atoms with Gasteiger partial charge in [0.05, 0.1) is 4.92 Å². The smallest absolute Gasteiger partial charge is 0.310 e. The van der Waals surface area contributed by atoms with Crippen molar-refractivity contribution < 1.29 is 14.8 Å². The lowest BCUT2D eigenvalue weighted by Gasteiger charge is -2.29. The number of amides is 1. The van der Waals surface area contributed by atoms with E-state index in [4.69, 9.17) is 0 Å². The number of nitro benzene ring substituents is 1. The van der Waals surface area contributed by atoms with Crippen molar-refractivity contribution >= 4 is 22.9 Å². The van der Waals surface area contributed by atoms with Gasteiger partial charge in [-0.2, -0.15) is 11.3 Å². The van der Waals surface area contributed by atoms with Crippen molar-refractivity contribution in [3.8, 4) is 5.75 Å². The fourth-order valence-corrected chi connectivity index (χ4v) is 4.77. The number of piperidine rings is 1. The van der Waals surface area contributed by atoms with Gasteiger partial charge < -0.3 is 15.3 Å². The normalized spacial score (nSPS) is 20.4. The van der Waals surface area contributed by atoms with Gasteiger partial charge in [0.2, 0.25) is 0 Å². The third-order valence-electron chi connectivity index (χ3n) is 5.74. The lowest BCUT2D eigenvalue weighted by molar-refractivity contribution is -0.385. The van der Waals surface area contributed by atoms with Gasteiger partial charge in [0, 0.05) is 24.2 Å². The van der Waals surface area contributed by atoms with Crippen LogP contribution in [0.4, 0.5) is 5.69 Å². The summed E-state index contributed by atoms with van der Waals surface area (Å²) in [6.07, 6.45) is 3.09. The Morgan fingerprint density at radius 3 is 2.78 bits per heavy atom. The molecule has 1 amide bonds. The minimum absolute atomic E-state index is 0.171. The Bertz CT molecular complexity index is 862. The lowest BCUT2D eigenvalue weighted by Crippen LogP contribution is -2.39. The van der Waals surface area contributed by atoms with E-state index in [1.54, 1.807) is 11.3 Å². The number of nitro groups is 1. The van der Waals surface area contributed by atoms with Crippen LogP contribution in [0.25, 0.3) is 0 Å². The van der Waals surface area contributed by atoms with Crippen molar-refractivity contribution in [1.29, 1.82) is 0 Å². The number of phenolic OH excluding ortho intramolecular Hbond substituents is 1. The standard InChI is InChI=1S/C19H21N3O4S/c23-16-9-14(1-2-15(16)22(25)26)18(24)21(11-13-3-8-27-12-13)17-10-19(17)4-6-20-7-5-19/h1-3,8-9,12,17,20,23H,4-7,10-11H2. The van der Waals surface area contributed by atoms with Crippen molar-refractivity contribution in [3.05, 3.63) is 56.3 Å². The molecule has 0 radical (unpaired) electrons. The quantitative estimate of drug-likeness (QED) is 0.607. The SMILES string of the molecule is O=C(c1ccc([N+](=O)[O-])c(O)c1)N(Cc1ccsc1)C1CC12CCNCC2. The number of benzene rings is 1. The molecule has 1 aromatic carbocycles. The fourth-order valence-electron chi connectivity index (χ4n) is 4.11. The van der Waals surface area contributed by atoms with Crippen LogP contribution >= 0.6 is 11.3 Å². The second kappa shape index (κ2) is 6.94. The average molecular weight is 387 g/mol. The molecule has 1 saturated heterocycles. The largest absolute Gasteiger partial charge is 0.502 e. The van der Waals surface area contributed by atoms with E-state index in [0.29, 0.717) is 6.54 Å².